The number of anilines is 2. The fraction of sp³-hybridized carbons (Fsp3) is 0.0769. The minimum absolute atomic E-state index is 0.0458. The number of nitrogens with zero attached hydrogens (tertiary/aromatic N) is 2. The van der Waals surface area contributed by atoms with E-state index in [2.05, 4.69) is 19.4 Å². The SMILES string of the molecule is Cc1ccc(S(=O)(=O)Nc2ccccc2NS(=O)(=O)c2ccc(C)c3ncccc23)c2cccnc12. The van der Waals surface area contributed by atoms with Gasteiger partial charge in [0.15, 0.2) is 0 Å². The highest BCUT2D eigenvalue weighted by Crippen LogP contribution is 2.31. The first-order valence-corrected chi connectivity index (χ1v) is 14.0. The van der Waals surface area contributed by atoms with Gasteiger partial charge in [0.1, 0.15) is 0 Å². The molecule has 0 fully saturated rings. The van der Waals surface area contributed by atoms with E-state index >= 15 is 0 Å². The van der Waals surface area contributed by atoms with Crippen LogP contribution in [0, 0.1) is 13.8 Å². The summed E-state index contributed by atoms with van der Waals surface area (Å²) in [5.74, 6) is 0. The lowest BCUT2D eigenvalue weighted by atomic mass is 10.1. The van der Waals surface area contributed by atoms with E-state index in [4.69, 9.17) is 0 Å². The Morgan fingerprint density at radius 1 is 0.556 bits per heavy atom. The van der Waals surface area contributed by atoms with Crippen molar-refractivity contribution >= 4 is 53.2 Å². The predicted octanol–water partition coefficient (Wildman–Crippen LogP) is 5.00. The molecule has 0 atom stereocenters. The standard InChI is InChI=1S/C26H22N4O4S2/c1-17-11-13-23(19-7-5-15-27-25(17)19)35(31,32)29-21-9-3-4-10-22(21)30-36(33,34)24-14-12-18(2)26-20(24)8-6-16-28-26/h3-16,29-30H,1-2H3. The summed E-state index contributed by atoms with van der Waals surface area (Å²) in [6.45, 7) is 3.71. The summed E-state index contributed by atoms with van der Waals surface area (Å²) in [5, 5.41) is 0.948. The molecular formula is C26H22N4O4S2. The Bertz CT molecular complexity index is 1720. The molecule has 2 N–H and O–H groups in total. The number of pyridine rings is 2. The monoisotopic (exact) mass is 518 g/mol. The predicted molar refractivity (Wildman–Crippen MR) is 141 cm³/mol. The number of sulfonamides is 2. The first-order valence-electron chi connectivity index (χ1n) is 11.0. The van der Waals surface area contributed by atoms with E-state index in [0.29, 0.717) is 21.8 Å². The molecule has 10 heteroatoms. The molecule has 0 aliphatic rings. The molecule has 0 saturated carbocycles. The molecule has 0 radical (unpaired) electrons. The van der Waals surface area contributed by atoms with E-state index in [-0.39, 0.29) is 21.2 Å². The molecule has 36 heavy (non-hydrogen) atoms. The Kier molecular flexibility index (Phi) is 5.85. The molecular weight excluding hydrogens is 496 g/mol. The van der Waals surface area contributed by atoms with Crippen LogP contribution < -0.4 is 9.44 Å². The lowest BCUT2D eigenvalue weighted by molar-refractivity contribution is 0.599. The Balaban J connectivity index is 1.54. The van der Waals surface area contributed by atoms with Crippen molar-refractivity contribution in [3.8, 4) is 0 Å². The van der Waals surface area contributed by atoms with Crippen LogP contribution in [0.4, 0.5) is 11.4 Å². The zero-order valence-corrected chi connectivity index (χ0v) is 21.1. The second-order valence-electron chi connectivity index (χ2n) is 8.32. The molecule has 182 valence electrons. The maximum Gasteiger partial charge on any atom is 0.262 e. The second-order valence-corrected chi connectivity index (χ2v) is 11.6. The Morgan fingerprint density at radius 3 is 1.39 bits per heavy atom. The largest absolute Gasteiger partial charge is 0.277 e. The normalized spacial score (nSPS) is 12.1. The van der Waals surface area contributed by atoms with Crippen LogP contribution in [-0.4, -0.2) is 26.8 Å². The van der Waals surface area contributed by atoms with Crippen molar-refractivity contribution < 1.29 is 16.8 Å². The van der Waals surface area contributed by atoms with Crippen LogP contribution in [-0.2, 0) is 20.0 Å². The van der Waals surface area contributed by atoms with Gasteiger partial charge < -0.3 is 0 Å². The zero-order valence-electron chi connectivity index (χ0n) is 19.4. The van der Waals surface area contributed by atoms with Gasteiger partial charge in [-0.2, -0.15) is 0 Å². The van der Waals surface area contributed by atoms with Gasteiger partial charge in [-0.05, 0) is 73.5 Å². The third kappa shape index (κ3) is 4.25. The van der Waals surface area contributed by atoms with Crippen molar-refractivity contribution in [1.82, 2.24) is 9.97 Å². The molecule has 8 nitrogen and oxygen atoms in total. The van der Waals surface area contributed by atoms with Crippen LogP contribution >= 0.6 is 0 Å². The highest BCUT2D eigenvalue weighted by Gasteiger charge is 2.23. The van der Waals surface area contributed by atoms with Crippen molar-refractivity contribution in [2.75, 3.05) is 9.44 Å². The zero-order chi connectivity index (χ0) is 25.5. The summed E-state index contributed by atoms with van der Waals surface area (Å²) in [6, 6.07) is 19.4. The van der Waals surface area contributed by atoms with Crippen molar-refractivity contribution in [3.05, 3.63) is 96.3 Å². The van der Waals surface area contributed by atoms with E-state index in [1.54, 1.807) is 60.9 Å². The molecule has 2 heterocycles. The van der Waals surface area contributed by atoms with Gasteiger partial charge in [0.05, 0.1) is 32.2 Å². The van der Waals surface area contributed by atoms with Gasteiger partial charge in [-0.15, -0.1) is 0 Å². The minimum Gasteiger partial charge on any atom is -0.277 e. The molecule has 0 aliphatic heterocycles. The number of fused-ring (bicyclic) bond motifs is 2. The van der Waals surface area contributed by atoms with Crippen molar-refractivity contribution in [2.24, 2.45) is 0 Å². The fourth-order valence-corrected chi connectivity index (χ4v) is 6.66. The maximum absolute atomic E-state index is 13.4. The molecule has 0 spiro atoms. The van der Waals surface area contributed by atoms with Gasteiger partial charge in [-0.25, -0.2) is 16.8 Å². The molecule has 0 unspecified atom stereocenters. The number of hydrogen-bond acceptors (Lipinski definition) is 6. The minimum atomic E-state index is -4.07. The van der Waals surface area contributed by atoms with E-state index in [9.17, 15) is 16.8 Å². The van der Waals surface area contributed by atoms with E-state index < -0.39 is 20.0 Å². The number of aryl methyl sites for hydroxylation is 2. The summed E-state index contributed by atoms with van der Waals surface area (Å²) < 4.78 is 58.7. The molecule has 5 rings (SSSR count). The lowest BCUT2D eigenvalue weighted by Crippen LogP contribution is -2.18. The molecule has 0 amide bonds. The molecule has 3 aromatic carbocycles. The van der Waals surface area contributed by atoms with E-state index in [1.807, 2.05) is 13.8 Å². The highest BCUT2D eigenvalue weighted by atomic mass is 32.2. The van der Waals surface area contributed by atoms with Crippen molar-refractivity contribution in [2.45, 2.75) is 23.6 Å². The number of hydrogen-bond donors (Lipinski definition) is 2. The van der Waals surface area contributed by atoms with Crippen molar-refractivity contribution in [3.63, 3.8) is 0 Å². The quantitative estimate of drug-likeness (QED) is 0.327. The molecule has 2 aromatic heterocycles. The smallest absolute Gasteiger partial charge is 0.262 e. The first kappa shape index (κ1) is 23.7. The van der Waals surface area contributed by atoms with E-state index in [0.717, 1.165) is 11.1 Å². The Labute approximate surface area is 209 Å². The summed E-state index contributed by atoms with van der Waals surface area (Å²) >= 11 is 0. The van der Waals surface area contributed by atoms with Gasteiger partial charge in [0.25, 0.3) is 20.0 Å². The maximum atomic E-state index is 13.4. The molecule has 0 bridgehead atoms. The number of aromatic nitrogens is 2. The van der Waals surface area contributed by atoms with Gasteiger partial charge in [-0.3, -0.25) is 19.4 Å². The summed E-state index contributed by atoms with van der Waals surface area (Å²) in [5.41, 5.74) is 3.03. The third-order valence-electron chi connectivity index (χ3n) is 5.86. The number of nitrogens with one attached hydrogen (secondary N) is 2. The average Bonchev–Trinajstić information content (AvgIpc) is 2.85. The fourth-order valence-electron chi connectivity index (χ4n) is 4.10. The summed E-state index contributed by atoms with van der Waals surface area (Å²) in [7, 11) is -8.15. The van der Waals surface area contributed by atoms with Crippen LogP contribution in [0.25, 0.3) is 21.8 Å². The highest BCUT2D eigenvalue weighted by molar-refractivity contribution is 7.93. The molecule has 0 saturated heterocycles. The van der Waals surface area contributed by atoms with Crippen LogP contribution in [0.1, 0.15) is 11.1 Å². The lowest BCUT2D eigenvalue weighted by Gasteiger charge is -2.16. The van der Waals surface area contributed by atoms with Crippen LogP contribution in [0.15, 0.2) is 95.0 Å². The van der Waals surface area contributed by atoms with Gasteiger partial charge in [0.2, 0.25) is 0 Å². The number of benzene rings is 3. The number of rotatable bonds is 6. The van der Waals surface area contributed by atoms with E-state index in [1.165, 1.54) is 24.3 Å². The molecule has 0 aliphatic carbocycles. The van der Waals surface area contributed by atoms with Gasteiger partial charge in [0, 0.05) is 23.2 Å². The summed E-state index contributed by atoms with van der Waals surface area (Å²) in [6.07, 6.45) is 3.21. The third-order valence-corrected chi connectivity index (χ3v) is 8.70. The Hall–Kier alpha value is -4.02. The first-order chi connectivity index (χ1) is 17.2. The van der Waals surface area contributed by atoms with Crippen molar-refractivity contribution in [1.29, 1.82) is 0 Å². The van der Waals surface area contributed by atoms with Crippen LogP contribution in [0.2, 0.25) is 0 Å². The second kappa shape index (κ2) is 8.89. The molecule has 5 aromatic rings. The van der Waals surface area contributed by atoms with Gasteiger partial charge >= 0.3 is 0 Å². The topological polar surface area (TPSA) is 118 Å². The number of para-hydroxylation sites is 2. The Morgan fingerprint density at radius 2 is 0.972 bits per heavy atom. The van der Waals surface area contributed by atoms with Crippen LogP contribution in [0.5, 0.6) is 0 Å². The summed E-state index contributed by atoms with van der Waals surface area (Å²) in [4.78, 5) is 8.70. The average molecular weight is 519 g/mol. The van der Waals surface area contributed by atoms with Gasteiger partial charge in [-0.1, -0.05) is 24.3 Å². The van der Waals surface area contributed by atoms with Crippen LogP contribution in [0.3, 0.4) is 0 Å².